The normalized spacial score (nSPS) is 15.7. The summed E-state index contributed by atoms with van der Waals surface area (Å²) in [5, 5.41) is 0.643. The summed E-state index contributed by atoms with van der Waals surface area (Å²) in [6, 6.07) is 0. The average Bonchev–Trinajstić information content (AvgIpc) is 2.29. The molecule has 0 aromatic rings. The van der Waals surface area contributed by atoms with Crippen molar-refractivity contribution in [2.24, 2.45) is 5.73 Å². The standard InChI is InChI=1S/C5H6N4O2S2/c6-5(12)7-9(13)8-3(10)1-2-4(8)11/h1-2,13H,(H3,6,7,12). The predicted octanol–water partition coefficient (Wildman–Crippen LogP) is -1.28. The molecule has 1 aliphatic heterocycles. The summed E-state index contributed by atoms with van der Waals surface area (Å²) in [5.74, 6) is -1.02. The first kappa shape index (κ1) is 9.96. The minimum Gasteiger partial charge on any atom is -0.375 e. The Morgan fingerprint density at radius 3 is 2.38 bits per heavy atom. The lowest BCUT2D eigenvalue weighted by atomic mass is 10.6. The lowest BCUT2D eigenvalue weighted by Gasteiger charge is -2.24. The molecule has 1 heterocycles. The number of thiocarbonyl (C=S) groups is 1. The number of imide groups is 1. The zero-order valence-electron chi connectivity index (χ0n) is 6.30. The van der Waals surface area contributed by atoms with Gasteiger partial charge in [-0.15, -0.1) is 0 Å². The van der Waals surface area contributed by atoms with Crippen LogP contribution in [-0.2, 0) is 9.59 Å². The summed E-state index contributed by atoms with van der Waals surface area (Å²) in [4.78, 5) is 22.0. The van der Waals surface area contributed by atoms with Crippen LogP contribution in [-0.4, -0.2) is 26.5 Å². The zero-order chi connectivity index (χ0) is 10.0. The van der Waals surface area contributed by atoms with E-state index in [4.69, 9.17) is 5.73 Å². The second-order valence-electron chi connectivity index (χ2n) is 2.09. The monoisotopic (exact) mass is 218 g/mol. The zero-order valence-corrected chi connectivity index (χ0v) is 8.01. The van der Waals surface area contributed by atoms with Crippen molar-refractivity contribution in [2.45, 2.75) is 0 Å². The second kappa shape index (κ2) is 3.73. The molecule has 0 radical (unpaired) electrons. The number of nitrogens with one attached hydrogen (secondary N) is 1. The molecule has 2 amide bonds. The first-order valence-electron chi connectivity index (χ1n) is 3.13. The summed E-state index contributed by atoms with van der Waals surface area (Å²) in [6.45, 7) is 0. The molecule has 0 unspecified atom stereocenters. The van der Waals surface area contributed by atoms with Crippen LogP contribution in [0.4, 0.5) is 0 Å². The van der Waals surface area contributed by atoms with Crippen molar-refractivity contribution in [3.63, 3.8) is 0 Å². The van der Waals surface area contributed by atoms with Crippen molar-refractivity contribution >= 4 is 42.0 Å². The molecule has 0 aromatic carbocycles. The molecule has 13 heavy (non-hydrogen) atoms. The van der Waals surface area contributed by atoms with E-state index in [0.717, 1.165) is 21.7 Å². The lowest BCUT2D eigenvalue weighted by Crippen LogP contribution is -2.51. The van der Waals surface area contributed by atoms with E-state index in [1.54, 1.807) is 0 Å². The van der Waals surface area contributed by atoms with E-state index in [1.807, 2.05) is 0 Å². The molecule has 0 atom stereocenters. The number of hydrogen-bond acceptors (Lipinski definition) is 5. The number of hydrazine groups is 2. The summed E-state index contributed by atoms with van der Waals surface area (Å²) in [5.41, 5.74) is 7.41. The Kier molecular flexibility index (Phi) is 2.86. The van der Waals surface area contributed by atoms with Gasteiger partial charge in [0.15, 0.2) is 5.11 Å². The fraction of sp³-hybridized carbons (Fsp3) is 0. The summed E-state index contributed by atoms with van der Waals surface area (Å²) >= 11 is 8.27. The summed E-state index contributed by atoms with van der Waals surface area (Å²) < 4.78 is 0.826. The highest BCUT2D eigenvalue weighted by Gasteiger charge is 2.28. The number of rotatable bonds is 2. The first-order chi connectivity index (χ1) is 6.02. The van der Waals surface area contributed by atoms with Gasteiger partial charge < -0.3 is 5.73 Å². The van der Waals surface area contributed by atoms with Crippen molar-refractivity contribution in [3.05, 3.63) is 12.2 Å². The third-order valence-corrected chi connectivity index (χ3v) is 1.56. The maximum absolute atomic E-state index is 11.0. The van der Waals surface area contributed by atoms with Gasteiger partial charge in [0.25, 0.3) is 11.8 Å². The fourth-order valence-corrected chi connectivity index (χ4v) is 1.17. The van der Waals surface area contributed by atoms with Crippen LogP contribution < -0.4 is 11.2 Å². The highest BCUT2D eigenvalue weighted by atomic mass is 32.1. The average molecular weight is 218 g/mol. The minimum atomic E-state index is -0.510. The third-order valence-electron chi connectivity index (χ3n) is 1.19. The Morgan fingerprint density at radius 1 is 1.54 bits per heavy atom. The van der Waals surface area contributed by atoms with Crippen LogP contribution in [0.3, 0.4) is 0 Å². The highest BCUT2D eigenvalue weighted by molar-refractivity contribution is 7.80. The summed E-state index contributed by atoms with van der Waals surface area (Å²) in [6.07, 6.45) is 2.24. The van der Waals surface area contributed by atoms with Crippen LogP contribution in [0.15, 0.2) is 12.2 Å². The van der Waals surface area contributed by atoms with E-state index < -0.39 is 11.8 Å². The predicted molar refractivity (Wildman–Crippen MR) is 51.7 cm³/mol. The van der Waals surface area contributed by atoms with Gasteiger partial charge >= 0.3 is 0 Å². The molecule has 0 bridgehead atoms. The Bertz CT molecular complexity index is 285. The van der Waals surface area contributed by atoms with E-state index in [2.05, 4.69) is 30.5 Å². The molecule has 6 nitrogen and oxygen atoms in total. The molecule has 0 saturated heterocycles. The van der Waals surface area contributed by atoms with Crippen LogP contribution in [0.25, 0.3) is 0 Å². The van der Waals surface area contributed by atoms with E-state index in [0.29, 0.717) is 0 Å². The largest absolute Gasteiger partial charge is 0.375 e. The number of nitrogens with two attached hydrogens (primary N) is 1. The van der Waals surface area contributed by atoms with E-state index in [-0.39, 0.29) is 5.11 Å². The van der Waals surface area contributed by atoms with Crippen molar-refractivity contribution in [3.8, 4) is 0 Å². The first-order valence-corrected chi connectivity index (χ1v) is 3.94. The molecule has 0 aromatic heterocycles. The van der Waals surface area contributed by atoms with Crippen molar-refractivity contribution in [2.75, 3.05) is 0 Å². The molecule has 1 rings (SSSR count). The van der Waals surface area contributed by atoms with E-state index in [1.165, 1.54) is 0 Å². The van der Waals surface area contributed by atoms with E-state index in [9.17, 15) is 9.59 Å². The molecule has 0 aliphatic carbocycles. The van der Waals surface area contributed by atoms with Gasteiger partial charge in [-0.3, -0.25) is 15.0 Å². The molecule has 0 saturated carbocycles. The Morgan fingerprint density at radius 2 is 2.00 bits per heavy atom. The van der Waals surface area contributed by atoms with Crippen LogP contribution >= 0.6 is 25.0 Å². The number of nitrogens with zero attached hydrogens (tertiary/aromatic N) is 2. The highest BCUT2D eigenvalue weighted by Crippen LogP contribution is 2.07. The smallest absolute Gasteiger partial charge is 0.270 e. The number of amides is 2. The van der Waals surface area contributed by atoms with Gasteiger partial charge in [0.2, 0.25) is 0 Å². The maximum atomic E-state index is 11.0. The van der Waals surface area contributed by atoms with Crippen molar-refractivity contribution in [1.82, 2.24) is 15.0 Å². The van der Waals surface area contributed by atoms with Gasteiger partial charge in [-0.2, -0.15) is 5.01 Å². The van der Waals surface area contributed by atoms with Gasteiger partial charge in [0, 0.05) is 12.2 Å². The molecule has 3 N–H and O–H groups in total. The maximum Gasteiger partial charge on any atom is 0.270 e. The number of carbonyl (C=O) groups excluding carboxylic acids is 2. The molecule has 70 valence electrons. The Labute approximate surface area is 84.8 Å². The number of thiol groups is 1. The molecular weight excluding hydrogens is 212 g/mol. The molecule has 8 heteroatoms. The van der Waals surface area contributed by atoms with Crippen molar-refractivity contribution in [1.29, 1.82) is 0 Å². The summed E-state index contributed by atoms with van der Waals surface area (Å²) in [7, 11) is 0. The van der Waals surface area contributed by atoms with Gasteiger partial charge in [0.05, 0.1) is 0 Å². The van der Waals surface area contributed by atoms with Crippen LogP contribution in [0.5, 0.6) is 0 Å². The Balaban J connectivity index is 2.67. The van der Waals surface area contributed by atoms with E-state index >= 15 is 0 Å². The van der Waals surface area contributed by atoms with Gasteiger partial charge in [-0.25, -0.2) is 0 Å². The van der Waals surface area contributed by atoms with Crippen LogP contribution in [0.1, 0.15) is 0 Å². The molecular formula is C5H6N4O2S2. The van der Waals surface area contributed by atoms with Crippen molar-refractivity contribution < 1.29 is 9.59 Å². The molecule has 0 spiro atoms. The fourth-order valence-electron chi connectivity index (χ4n) is 0.728. The van der Waals surface area contributed by atoms with Crippen LogP contribution in [0, 0.1) is 0 Å². The number of hydrogen-bond donors (Lipinski definition) is 3. The van der Waals surface area contributed by atoms with Crippen LogP contribution in [0.2, 0.25) is 0 Å². The SMILES string of the molecule is NC(=S)NN(S)N1C(=O)C=CC1=O. The second-order valence-corrected chi connectivity index (χ2v) is 2.91. The topological polar surface area (TPSA) is 78.7 Å². The van der Waals surface area contributed by atoms with Gasteiger partial charge in [-0.05, 0) is 12.2 Å². The third kappa shape index (κ3) is 2.17. The minimum absolute atomic E-state index is 0.0949. The molecule has 0 fully saturated rings. The van der Waals surface area contributed by atoms with Gasteiger partial charge in [0.1, 0.15) is 0 Å². The Hall–Kier alpha value is -1.12. The van der Waals surface area contributed by atoms with Gasteiger partial charge in [-0.1, -0.05) is 17.3 Å². The quantitative estimate of drug-likeness (QED) is 0.232. The molecule has 1 aliphatic rings. The lowest BCUT2D eigenvalue weighted by molar-refractivity contribution is -0.148. The number of carbonyl (C=O) groups is 2.